The van der Waals surface area contributed by atoms with Crippen LogP contribution in [0.2, 0.25) is 0 Å². The lowest BCUT2D eigenvalue weighted by atomic mass is 10.1. The second kappa shape index (κ2) is 7.87. The van der Waals surface area contributed by atoms with E-state index in [0.717, 1.165) is 11.8 Å². The monoisotopic (exact) mass is 258 g/mol. The van der Waals surface area contributed by atoms with Crippen LogP contribution >= 0.6 is 0 Å². The molecule has 2 N–H and O–H groups in total. The van der Waals surface area contributed by atoms with Crippen LogP contribution in [0.15, 0.2) is 48.7 Å². The minimum absolute atomic E-state index is 0.248. The molecule has 0 aliphatic rings. The van der Waals surface area contributed by atoms with Gasteiger partial charge in [0.1, 0.15) is 6.29 Å². The number of amides is 1. The van der Waals surface area contributed by atoms with Gasteiger partial charge in [0, 0.05) is 18.7 Å². The number of rotatable bonds is 7. The maximum Gasteiger partial charge on any atom is 0.266 e. The zero-order valence-electron chi connectivity index (χ0n) is 11.0. The summed E-state index contributed by atoms with van der Waals surface area (Å²) in [5.41, 5.74) is 1.72. The third kappa shape index (κ3) is 4.79. The van der Waals surface area contributed by atoms with E-state index < -0.39 is 0 Å². The van der Waals surface area contributed by atoms with E-state index in [4.69, 9.17) is 0 Å². The lowest BCUT2D eigenvalue weighted by Crippen LogP contribution is -2.31. The van der Waals surface area contributed by atoms with E-state index >= 15 is 0 Å². The molecule has 0 bridgehead atoms. The summed E-state index contributed by atoms with van der Waals surface area (Å²) >= 11 is 0. The second-order valence-electron chi connectivity index (χ2n) is 3.93. The van der Waals surface area contributed by atoms with E-state index in [1.165, 1.54) is 0 Å². The Morgan fingerprint density at radius 1 is 1.32 bits per heavy atom. The molecule has 0 unspecified atom stereocenters. The molecule has 1 amide bonds. The number of aldehydes is 1. The fourth-order valence-electron chi connectivity index (χ4n) is 1.47. The lowest BCUT2D eigenvalue weighted by Gasteiger charge is -2.10. The van der Waals surface area contributed by atoms with E-state index in [9.17, 15) is 9.59 Å². The van der Waals surface area contributed by atoms with Crippen molar-refractivity contribution in [3.05, 3.63) is 59.8 Å². The van der Waals surface area contributed by atoms with Gasteiger partial charge in [-0.3, -0.25) is 9.59 Å². The third-order valence-corrected chi connectivity index (χ3v) is 2.56. The van der Waals surface area contributed by atoms with Crippen LogP contribution < -0.4 is 10.6 Å². The molecule has 1 rings (SSSR count). The van der Waals surface area contributed by atoms with Crippen molar-refractivity contribution in [2.24, 2.45) is 0 Å². The summed E-state index contributed by atoms with van der Waals surface area (Å²) in [4.78, 5) is 22.5. The van der Waals surface area contributed by atoms with E-state index in [2.05, 4.69) is 17.2 Å². The summed E-state index contributed by atoms with van der Waals surface area (Å²) < 4.78 is 0. The van der Waals surface area contributed by atoms with Crippen molar-refractivity contribution in [3.8, 4) is 0 Å². The van der Waals surface area contributed by atoms with Crippen LogP contribution in [0.25, 0.3) is 0 Å². The Morgan fingerprint density at radius 3 is 2.74 bits per heavy atom. The van der Waals surface area contributed by atoms with E-state index in [0.29, 0.717) is 18.7 Å². The highest BCUT2D eigenvalue weighted by atomic mass is 16.2. The number of carbonyl (C=O) groups excluding carboxylic acids is 2. The fourth-order valence-corrected chi connectivity index (χ4v) is 1.47. The first-order valence-electron chi connectivity index (χ1n) is 6.04. The first kappa shape index (κ1) is 14.7. The molecule has 0 aliphatic carbocycles. The van der Waals surface area contributed by atoms with Crippen LogP contribution in [-0.4, -0.2) is 18.7 Å². The quantitative estimate of drug-likeness (QED) is 0.445. The number of carbonyl (C=O) groups is 2. The molecule has 0 radical (unpaired) electrons. The largest absolute Gasteiger partial charge is 0.377 e. The van der Waals surface area contributed by atoms with Gasteiger partial charge in [0.25, 0.3) is 5.91 Å². The van der Waals surface area contributed by atoms with Gasteiger partial charge in [-0.2, -0.15) is 0 Å². The molecule has 19 heavy (non-hydrogen) atoms. The Morgan fingerprint density at radius 2 is 2.05 bits per heavy atom. The van der Waals surface area contributed by atoms with Gasteiger partial charge in [0.15, 0.2) is 0 Å². The summed E-state index contributed by atoms with van der Waals surface area (Å²) in [6.07, 6.45) is 4.50. The van der Waals surface area contributed by atoms with Gasteiger partial charge in [-0.15, -0.1) is 0 Å². The Labute approximate surface area is 113 Å². The summed E-state index contributed by atoms with van der Waals surface area (Å²) in [6, 6.07) is 7.21. The van der Waals surface area contributed by atoms with Gasteiger partial charge < -0.3 is 10.6 Å². The minimum atomic E-state index is -0.248. The van der Waals surface area contributed by atoms with Crippen LogP contribution in [-0.2, 0) is 11.3 Å². The van der Waals surface area contributed by atoms with Gasteiger partial charge >= 0.3 is 0 Å². The fraction of sp³-hybridized carbons (Fsp3) is 0.200. The average Bonchev–Trinajstić information content (AvgIpc) is 2.45. The Kier molecular flexibility index (Phi) is 6.09. The Balaban J connectivity index is 2.49. The minimum Gasteiger partial charge on any atom is -0.377 e. The zero-order valence-corrected chi connectivity index (χ0v) is 11.0. The van der Waals surface area contributed by atoms with Crippen LogP contribution in [0.1, 0.15) is 22.8 Å². The van der Waals surface area contributed by atoms with Crippen molar-refractivity contribution in [1.29, 1.82) is 0 Å². The highest BCUT2D eigenvalue weighted by Gasteiger charge is 2.06. The van der Waals surface area contributed by atoms with Gasteiger partial charge in [-0.25, -0.2) is 0 Å². The van der Waals surface area contributed by atoms with E-state index in [-0.39, 0.29) is 11.6 Å². The summed E-state index contributed by atoms with van der Waals surface area (Å²) in [5, 5.41) is 5.60. The maximum absolute atomic E-state index is 11.6. The molecule has 1 aromatic rings. The number of benzene rings is 1. The Hall–Kier alpha value is -2.36. The third-order valence-electron chi connectivity index (χ3n) is 2.56. The normalized spacial score (nSPS) is 10.2. The molecule has 0 aromatic heterocycles. The standard InChI is InChI=1S/C15H18N2O2/c1-3-4-9-16-15(19)12(2)17-10-13-7-5-6-8-14(13)11-18/h3-8,11,17H,2,9-10H2,1H3,(H,16,19)/b4-3+. The molecular formula is C15H18N2O2. The molecule has 4 heteroatoms. The number of hydrogen-bond donors (Lipinski definition) is 2. The number of hydrogen-bond acceptors (Lipinski definition) is 3. The first-order chi connectivity index (χ1) is 9.19. The summed E-state index contributed by atoms with van der Waals surface area (Å²) in [6.45, 7) is 6.42. The predicted octanol–water partition coefficient (Wildman–Crippen LogP) is 1.79. The zero-order chi connectivity index (χ0) is 14.1. The molecule has 0 saturated carbocycles. The van der Waals surface area contributed by atoms with Crippen molar-refractivity contribution in [3.63, 3.8) is 0 Å². The van der Waals surface area contributed by atoms with Gasteiger partial charge in [0.05, 0.1) is 5.70 Å². The van der Waals surface area contributed by atoms with Gasteiger partial charge in [0.2, 0.25) is 0 Å². The van der Waals surface area contributed by atoms with Gasteiger partial charge in [-0.1, -0.05) is 43.0 Å². The molecule has 0 spiro atoms. The molecule has 4 nitrogen and oxygen atoms in total. The van der Waals surface area contributed by atoms with Crippen molar-refractivity contribution in [2.75, 3.05) is 6.54 Å². The molecule has 0 saturated heterocycles. The predicted molar refractivity (Wildman–Crippen MR) is 75.6 cm³/mol. The van der Waals surface area contributed by atoms with Crippen LogP contribution in [0, 0.1) is 0 Å². The lowest BCUT2D eigenvalue weighted by molar-refractivity contribution is -0.117. The van der Waals surface area contributed by atoms with Crippen molar-refractivity contribution in [1.82, 2.24) is 10.6 Å². The summed E-state index contributed by atoms with van der Waals surface area (Å²) in [5.74, 6) is -0.248. The number of nitrogens with one attached hydrogen (secondary N) is 2. The molecule has 1 aromatic carbocycles. The van der Waals surface area contributed by atoms with E-state index in [1.54, 1.807) is 12.1 Å². The average molecular weight is 258 g/mol. The highest BCUT2D eigenvalue weighted by Crippen LogP contribution is 2.06. The maximum atomic E-state index is 11.6. The topological polar surface area (TPSA) is 58.2 Å². The first-order valence-corrected chi connectivity index (χ1v) is 6.04. The highest BCUT2D eigenvalue weighted by molar-refractivity contribution is 5.92. The SMILES string of the molecule is C=C(NCc1ccccc1C=O)C(=O)NC/C=C/C. The second-order valence-corrected chi connectivity index (χ2v) is 3.93. The molecule has 0 atom stereocenters. The van der Waals surface area contributed by atoms with E-state index in [1.807, 2.05) is 31.2 Å². The van der Waals surface area contributed by atoms with Crippen molar-refractivity contribution in [2.45, 2.75) is 13.5 Å². The Bertz CT molecular complexity index is 493. The smallest absolute Gasteiger partial charge is 0.266 e. The molecule has 100 valence electrons. The summed E-state index contributed by atoms with van der Waals surface area (Å²) in [7, 11) is 0. The van der Waals surface area contributed by atoms with Crippen molar-refractivity contribution < 1.29 is 9.59 Å². The van der Waals surface area contributed by atoms with Gasteiger partial charge in [-0.05, 0) is 12.5 Å². The van der Waals surface area contributed by atoms with Crippen molar-refractivity contribution >= 4 is 12.2 Å². The van der Waals surface area contributed by atoms with Crippen LogP contribution in [0.3, 0.4) is 0 Å². The molecular weight excluding hydrogens is 240 g/mol. The van der Waals surface area contributed by atoms with Crippen LogP contribution in [0.4, 0.5) is 0 Å². The molecule has 0 aliphatic heterocycles. The number of allylic oxidation sites excluding steroid dienone is 1. The molecule has 0 heterocycles. The van der Waals surface area contributed by atoms with Crippen LogP contribution in [0.5, 0.6) is 0 Å². The molecule has 0 fully saturated rings.